The van der Waals surface area contributed by atoms with Crippen molar-refractivity contribution >= 4 is 27.5 Å². The van der Waals surface area contributed by atoms with Crippen LogP contribution >= 0.6 is 0 Å². The Hall–Kier alpha value is -3.31. The van der Waals surface area contributed by atoms with Gasteiger partial charge in [0.1, 0.15) is 0 Å². The lowest BCUT2D eigenvalue weighted by Crippen LogP contribution is -1.93. The lowest BCUT2D eigenvalue weighted by molar-refractivity contribution is 0.105. The summed E-state index contributed by atoms with van der Waals surface area (Å²) in [5.41, 5.74) is 2.42. The van der Waals surface area contributed by atoms with Crippen LogP contribution in [0.4, 0.5) is 0 Å². The molecule has 2 nitrogen and oxygen atoms in total. The molecule has 0 spiro atoms. The fourth-order valence-corrected chi connectivity index (χ4v) is 2.73. The lowest BCUT2D eigenvalue weighted by atomic mass is 10.1. The molecule has 0 aliphatic rings. The van der Waals surface area contributed by atoms with Crippen LogP contribution in [0, 0.1) is 11.8 Å². The van der Waals surface area contributed by atoms with E-state index in [1.165, 1.54) is 5.39 Å². The van der Waals surface area contributed by atoms with Gasteiger partial charge in [-0.25, -0.2) is 0 Å². The van der Waals surface area contributed by atoms with Crippen molar-refractivity contribution in [1.29, 1.82) is 0 Å². The number of hydrogen-bond acceptors (Lipinski definition) is 1. The molecule has 0 fully saturated rings. The maximum atomic E-state index is 12.1. The lowest BCUT2D eigenvalue weighted by Gasteiger charge is -1.98. The molecule has 4 rings (SSSR count). The minimum atomic E-state index is -0.172. The van der Waals surface area contributed by atoms with Crippen molar-refractivity contribution in [3.63, 3.8) is 0 Å². The van der Waals surface area contributed by atoms with E-state index in [1.807, 2.05) is 36.4 Å². The molecule has 0 saturated heterocycles. The largest absolute Gasteiger partial charge is 0.348 e. The topological polar surface area (TPSA) is 32.9 Å². The summed E-state index contributed by atoms with van der Waals surface area (Å²) < 4.78 is 0. The van der Waals surface area contributed by atoms with Gasteiger partial charge in [0.2, 0.25) is 5.78 Å². The van der Waals surface area contributed by atoms with Crippen LogP contribution in [-0.2, 0) is 0 Å². The number of H-pyrrole nitrogens is 1. The van der Waals surface area contributed by atoms with Gasteiger partial charge in [-0.15, -0.1) is 0 Å². The van der Waals surface area contributed by atoms with Gasteiger partial charge in [-0.2, -0.15) is 0 Å². The van der Waals surface area contributed by atoms with E-state index in [0.717, 1.165) is 22.0 Å². The molecule has 108 valence electrons. The van der Waals surface area contributed by atoms with Crippen LogP contribution in [0.5, 0.6) is 0 Å². The maximum absolute atomic E-state index is 12.1. The summed E-state index contributed by atoms with van der Waals surface area (Å²) in [6.07, 6.45) is 0. The number of aromatic nitrogens is 1. The van der Waals surface area contributed by atoms with Crippen molar-refractivity contribution in [3.8, 4) is 11.8 Å². The van der Waals surface area contributed by atoms with Gasteiger partial charge in [0.15, 0.2) is 0 Å². The van der Waals surface area contributed by atoms with Crippen LogP contribution < -0.4 is 0 Å². The SMILES string of the molecule is O=C(C#Cc1cc2ccc3ccccc3c2[nH]1)c1ccccc1. The third-order valence-electron chi connectivity index (χ3n) is 3.87. The summed E-state index contributed by atoms with van der Waals surface area (Å²) in [6.45, 7) is 0. The molecule has 0 radical (unpaired) electrons. The van der Waals surface area contributed by atoms with Gasteiger partial charge in [0.25, 0.3) is 0 Å². The molecule has 3 aromatic carbocycles. The van der Waals surface area contributed by atoms with Gasteiger partial charge >= 0.3 is 0 Å². The van der Waals surface area contributed by atoms with Crippen molar-refractivity contribution in [3.05, 3.63) is 84.1 Å². The first-order chi connectivity index (χ1) is 11.3. The molecule has 4 aromatic rings. The Morgan fingerprint density at radius 2 is 1.57 bits per heavy atom. The monoisotopic (exact) mass is 295 g/mol. The normalized spacial score (nSPS) is 10.4. The smallest absolute Gasteiger partial charge is 0.236 e. The zero-order chi connectivity index (χ0) is 15.6. The minimum Gasteiger partial charge on any atom is -0.348 e. The van der Waals surface area contributed by atoms with Crippen LogP contribution in [0.3, 0.4) is 0 Å². The Balaban J connectivity index is 1.75. The summed E-state index contributed by atoms with van der Waals surface area (Å²) in [5, 5.41) is 3.44. The number of Topliss-reactive ketones (excluding diaryl/α,β-unsaturated/α-hetero) is 1. The predicted molar refractivity (Wildman–Crippen MR) is 93.5 cm³/mol. The molecule has 0 atom stereocenters. The molecule has 2 heteroatoms. The van der Waals surface area contributed by atoms with Crippen LogP contribution in [0.25, 0.3) is 21.7 Å². The van der Waals surface area contributed by atoms with Crippen LogP contribution in [-0.4, -0.2) is 10.8 Å². The van der Waals surface area contributed by atoms with Crippen molar-refractivity contribution in [1.82, 2.24) is 4.98 Å². The third kappa shape index (κ3) is 2.49. The molecule has 23 heavy (non-hydrogen) atoms. The van der Waals surface area contributed by atoms with Crippen molar-refractivity contribution in [2.24, 2.45) is 0 Å². The summed E-state index contributed by atoms with van der Waals surface area (Å²) in [5.74, 6) is 5.47. The van der Waals surface area contributed by atoms with Crippen molar-refractivity contribution in [2.75, 3.05) is 0 Å². The second kappa shape index (κ2) is 5.47. The molecule has 0 amide bonds. The molecule has 1 aromatic heterocycles. The zero-order valence-corrected chi connectivity index (χ0v) is 12.3. The number of aromatic amines is 1. The van der Waals surface area contributed by atoms with Crippen molar-refractivity contribution in [2.45, 2.75) is 0 Å². The van der Waals surface area contributed by atoms with Gasteiger partial charge in [0, 0.05) is 16.3 Å². The molecular formula is C21H13NO. The second-order valence-electron chi connectivity index (χ2n) is 5.38. The van der Waals surface area contributed by atoms with Crippen LogP contribution in [0.2, 0.25) is 0 Å². The minimum absolute atomic E-state index is 0.172. The highest BCUT2D eigenvalue weighted by Crippen LogP contribution is 2.25. The fourth-order valence-electron chi connectivity index (χ4n) is 2.73. The second-order valence-corrected chi connectivity index (χ2v) is 5.38. The molecule has 1 N–H and O–H groups in total. The van der Waals surface area contributed by atoms with Crippen LogP contribution in [0.1, 0.15) is 16.1 Å². The van der Waals surface area contributed by atoms with E-state index in [4.69, 9.17) is 0 Å². The number of fused-ring (bicyclic) bond motifs is 3. The summed E-state index contributed by atoms with van der Waals surface area (Å²) in [7, 11) is 0. The molecular weight excluding hydrogens is 282 g/mol. The Bertz CT molecular complexity index is 1080. The Labute approximate surface area is 133 Å². The first kappa shape index (κ1) is 13.4. The third-order valence-corrected chi connectivity index (χ3v) is 3.87. The quantitative estimate of drug-likeness (QED) is 0.405. The van der Waals surface area contributed by atoms with E-state index in [0.29, 0.717) is 5.56 Å². The molecule has 0 unspecified atom stereocenters. The summed E-state index contributed by atoms with van der Waals surface area (Å²) in [4.78, 5) is 15.4. The van der Waals surface area contributed by atoms with E-state index in [-0.39, 0.29) is 5.78 Å². The Morgan fingerprint density at radius 1 is 0.826 bits per heavy atom. The highest BCUT2D eigenvalue weighted by atomic mass is 16.1. The number of carbonyl (C=O) groups excluding carboxylic acids is 1. The van der Waals surface area contributed by atoms with Gasteiger partial charge in [-0.3, -0.25) is 4.79 Å². The predicted octanol–water partition coefficient (Wildman–Crippen LogP) is 4.56. The van der Waals surface area contributed by atoms with E-state index in [2.05, 4.69) is 41.1 Å². The van der Waals surface area contributed by atoms with Gasteiger partial charge in [-0.05, 0) is 23.3 Å². The highest BCUT2D eigenvalue weighted by molar-refractivity contribution is 6.09. The first-order valence-corrected chi connectivity index (χ1v) is 7.43. The van der Waals surface area contributed by atoms with Crippen molar-refractivity contribution < 1.29 is 4.79 Å². The van der Waals surface area contributed by atoms with E-state index in [9.17, 15) is 4.79 Å². The standard InChI is InChI=1S/C21H13NO/c23-20(16-7-2-1-3-8-16)13-12-18-14-17-11-10-15-6-4-5-9-19(15)21(17)22-18/h1-11,14,22H. The number of nitrogens with one attached hydrogen (secondary N) is 1. The Kier molecular flexibility index (Phi) is 3.18. The average Bonchev–Trinajstić information content (AvgIpc) is 3.04. The van der Waals surface area contributed by atoms with Gasteiger partial charge < -0.3 is 4.98 Å². The molecule has 1 heterocycles. The maximum Gasteiger partial charge on any atom is 0.236 e. The first-order valence-electron chi connectivity index (χ1n) is 7.43. The molecule has 0 saturated carbocycles. The summed E-state index contributed by atoms with van der Waals surface area (Å²) >= 11 is 0. The number of carbonyl (C=O) groups is 1. The van der Waals surface area contributed by atoms with Crippen LogP contribution in [0.15, 0.2) is 72.8 Å². The van der Waals surface area contributed by atoms with E-state index < -0.39 is 0 Å². The summed E-state index contributed by atoms with van der Waals surface area (Å²) in [6, 6.07) is 23.5. The van der Waals surface area contributed by atoms with E-state index in [1.54, 1.807) is 12.1 Å². The van der Waals surface area contributed by atoms with Gasteiger partial charge in [0.05, 0.1) is 11.2 Å². The highest BCUT2D eigenvalue weighted by Gasteiger charge is 2.04. The molecule has 0 aliphatic carbocycles. The number of benzene rings is 3. The Morgan fingerprint density at radius 3 is 2.43 bits per heavy atom. The van der Waals surface area contributed by atoms with Gasteiger partial charge in [-0.1, -0.05) is 66.7 Å². The zero-order valence-electron chi connectivity index (χ0n) is 12.3. The average molecular weight is 295 g/mol. The number of ketones is 1. The van der Waals surface area contributed by atoms with E-state index >= 15 is 0 Å². The fraction of sp³-hybridized carbons (Fsp3) is 0. The molecule has 0 bridgehead atoms. The molecule has 0 aliphatic heterocycles. The number of hydrogen-bond donors (Lipinski definition) is 1. The number of rotatable bonds is 1.